The smallest absolute Gasteiger partial charge is 0.315 e. The Kier molecular flexibility index (Phi) is 6.28. The molecule has 0 aliphatic rings. The first-order valence-corrected chi connectivity index (χ1v) is 5.07. The summed E-state index contributed by atoms with van der Waals surface area (Å²) in [6.45, 7) is 7.18. The summed E-state index contributed by atoms with van der Waals surface area (Å²) in [5, 5.41) is 5.63. The van der Waals surface area contributed by atoms with Gasteiger partial charge in [-0.2, -0.15) is 0 Å². The van der Waals surface area contributed by atoms with E-state index in [1.54, 1.807) is 7.11 Å². The lowest BCUT2D eigenvalue weighted by molar-refractivity contribution is 0.131. The van der Waals surface area contributed by atoms with Crippen molar-refractivity contribution in [3.8, 4) is 0 Å². The zero-order valence-electron chi connectivity index (χ0n) is 9.64. The molecule has 0 aromatic carbocycles. The molecule has 2 N–H and O–H groups in total. The van der Waals surface area contributed by atoms with Crippen LogP contribution in [-0.4, -0.2) is 31.8 Å². The molecule has 0 atom stereocenters. The fourth-order valence-corrected chi connectivity index (χ4v) is 1.13. The molecule has 0 fully saturated rings. The van der Waals surface area contributed by atoms with Gasteiger partial charge in [0.05, 0.1) is 12.1 Å². The van der Waals surface area contributed by atoms with Crippen molar-refractivity contribution < 1.29 is 9.53 Å². The molecule has 0 unspecified atom stereocenters. The minimum atomic E-state index is -0.314. The summed E-state index contributed by atoms with van der Waals surface area (Å²) in [6.07, 6.45) is 2.10. The summed E-state index contributed by atoms with van der Waals surface area (Å²) in [6, 6.07) is -0.125. The van der Waals surface area contributed by atoms with Gasteiger partial charge in [0.2, 0.25) is 0 Å². The molecule has 0 heterocycles. The minimum absolute atomic E-state index is 0.125. The van der Waals surface area contributed by atoms with Gasteiger partial charge in [0, 0.05) is 13.7 Å². The molecule has 14 heavy (non-hydrogen) atoms. The highest BCUT2D eigenvalue weighted by molar-refractivity contribution is 5.74. The highest BCUT2D eigenvalue weighted by Crippen LogP contribution is 2.01. The molecule has 4 nitrogen and oxygen atoms in total. The van der Waals surface area contributed by atoms with Gasteiger partial charge in [-0.25, -0.2) is 4.79 Å². The van der Waals surface area contributed by atoms with Crippen LogP contribution in [0.2, 0.25) is 0 Å². The van der Waals surface area contributed by atoms with E-state index in [1.165, 1.54) is 0 Å². The van der Waals surface area contributed by atoms with Gasteiger partial charge >= 0.3 is 6.03 Å². The number of carbonyl (C=O) groups is 1. The lowest BCUT2D eigenvalue weighted by Gasteiger charge is -2.25. The molecule has 0 rings (SSSR count). The van der Waals surface area contributed by atoms with Crippen LogP contribution in [0.3, 0.4) is 0 Å². The highest BCUT2D eigenvalue weighted by Gasteiger charge is 2.19. The Labute approximate surface area is 86.4 Å². The topological polar surface area (TPSA) is 50.4 Å². The summed E-state index contributed by atoms with van der Waals surface area (Å²) in [5.41, 5.74) is -0.314. The van der Waals surface area contributed by atoms with E-state index in [9.17, 15) is 4.79 Å². The van der Waals surface area contributed by atoms with Crippen LogP contribution in [0.15, 0.2) is 0 Å². The van der Waals surface area contributed by atoms with Crippen molar-refractivity contribution >= 4 is 6.03 Å². The molecule has 0 saturated heterocycles. The van der Waals surface area contributed by atoms with Crippen LogP contribution in [0.1, 0.15) is 33.6 Å². The molecule has 0 aromatic rings. The molecular weight excluding hydrogens is 180 g/mol. The first kappa shape index (κ1) is 13.2. The maximum absolute atomic E-state index is 11.3. The summed E-state index contributed by atoms with van der Waals surface area (Å²) in [5.74, 6) is 0. The summed E-state index contributed by atoms with van der Waals surface area (Å²) in [4.78, 5) is 11.3. The average Bonchev–Trinajstić information content (AvgIpc) is 2.03. The number of nitrogens with one attached hydrogen (secondary N) is 2. The molecule has 0 aromatic heterocycles. The van der Waals surface area contributed by atoms with Gasteiger partial charge < -0.3 is 15.4 Å². The van der Waals surface area contributed by atoms with Gasteiger partial charge in [0.1, 0.15) is 0 Å². The molecule has 0 saturated carbocycles. The first-order chi connectivity index (χ1) is 6.52. The molecule has 0 spiro atoms. The number of methoxy groups -OCH3 is 1. The van der Waals surface area contributed by atoms with Crippen LogP contribution in [0.4, 0.5) is 4.79 Å². The molecule has 84 valence electrons. The minimum Gasteiger partial charge on any atom is -0.382 e. The van der Waals surface area contributed by atoms with Crippen LogP contribution in [0.25, 0.3) is 0 Å². The number of hydrogen-bond acceptors (Lipinski definition) is 2. The van der Waals surface area contributed by atoms with E-state index in [0.717, 1.165) is 19.4 Å². The average molecular weight is 202 g/mol. The molecule has 0 aliphatic carbocycles. The second kappa shape index (κ2) is 6.65. The fraction of sp³-hybridized carbons (Fsp3) is 0.900. The van der Waals surface area contributed by atoms with Crippen molar-refractivity contribution in [3.05, 3.63) is 0 Å². The Morgan fingerprint density at radius 2 is 2.07 bits per heavy atom. The van der Waals surface area contributed by atoms with Gasteiger partial charge in [-0.1, -0.05) is 13.3 Å². The number of ether oxygens (including phenoxy) is 1. The molecule has 0 aliphatic heterocycles. The summed E-state index contributed by atoms with van der Waals surface area (Å²) < 4.78 is 4.99. The zero-order chi connectivity index (χ0) is 11.0. The first-order valence-electron chi connectivity index (χ1n) is 5.07. The van der Waals surface area contributed by atoms with E-state index in [2.05, 4.69) is 17.6 Å². The van der Waals surface area contributed by atoms with Gasteiger partial charge in [-0.3, -0.25) is 0 Å². The molecule has 2 amide bonds. The maximum atomic E-state index is 11.3. The number of carbonyl (C=O) groups excluding carboxylic acids is 1. The van der Waals surface area contributed by atoms with Crippen molar-refractivity contribution in [3.63, 3.8) is 0 Å². The number of urea groups is 1. The van der Waals surface area contributed by atoms with E-state index in [-0.39, 0.29) is 11.6 Å². The zero-order valence-corrected chi connectivity index (χ0v) is 9.64. The molecule has 0 bridgehead atoms. The van der Waals surface area contributed by atoms with Gasteiger partial charge in [0.25, 0.3) is 0 Å². The van der Waals surface area contributed by atoms with Crippen LogP contribution >= 0.6 is 0 Å². The Morgan fingerprint density at radius 1 is 1.43 bits per heavy atom. The van der Waals surface area contributed by atoms with E-state index in [4.69, 9.17) is 4.74 Å². The summed E-state index contributed by atoms with van der Waals surface area (Å²) in [7, 11) is 1.62. The van der Waals surface area contributed by atoms with Gasteiger partial charge in [0.15, 0.2) is 0 Å². The third kappa shape index (κ3) is 6.71. The van der Waals surface area contributed by atoms with Gasteiger partial charge in [-0.15, -0.1) is 0 Å². The van der Waals surface area contributed by atoms with Crippen molar-refractivity contribution in [1.29, 1.82) is 0 Å². The summed E-state index contributed by atoms with van der Waals surface area (Å²) >= 11 is 0. The quantitative estimate of drug-likeness (QED) is 0.641. The van der Waals surface area contributed by atoms with E-state index in [0.29, 0.717) is 6.61 Å². The van der Waals surface area contributed by atoms with Crippen LogP contribution in [0.5, 0.6) is 0 Å². The number of rotatable bonds is 6. The molecule has 4 heteroatoms. The van der Waals surface area contributed by atoms with E-state index < -0.39 is 0 Å². The van der Waals surface area contributed by atoms with E-state index in [1.807, 2.05) is 13.8 Å². The molecular formula is C10H22N2O2. The van der Waals surface area contributed by atoms with Crippen molar-refractivity contribution in [2.45, 2.75) is 39.2 Å². The lowest BCUT2D eigenvalue weighted by Crippen LogP contribution is -2.51. The maximum Gasteiger partial charge on any atom is 0.315 e. The molecule has 0 radical (unpaired) electrons. The Bertz CT molecular complexity index is 170. The van der Waals surface area contributed by atoms with Crippen LogP contribution < -0.4 is 10.6 Å². The monoisotopic (exact) mass is 202 g/mol. The Morgan fingerprint density at radius 3 is 2.57 bits per heavy atom. The van der Waals surface area contributed by atoms with Crippen LogP contribution in [0, 0.1) is 0 Å². The van der Waals surface area contributed by atoms with Crippen LogP contribution in [-0.2, 0) is 4.74 Å². The second-order valence-electron chi connectivity index (χ2n) is 4.05. The lowest BCUT2D eigenvalue weighted by atomic mass is 10.1. The normalized spacial score (nSPS) is 11.1. The van der Waals surface area contributed by atoms with Crippen molar-refractivity contribution in [2.24, 2.45) is 0 Å². The van der Waals surface area contributed by atoms with Crippen molar-refractivity contribution in [1.82, 2.24) is 10.6 Å². The highest BCUT2D eigenvalue weighted by atomic mass is 16.5. The number of unbranched alkanes of at least 4 members (excludes halogenated alkanes) is 1. The predicted octanol–water partition coefficient (Wildman–Crippen LogP) is 1.51. The third-order valence-electron chi connectivity index (χ3n) is 1.77. The van der Waals surface area contributed by atoms with Gasteiger partial charge in [-0.05, 0) is 20.3 Å². The largest absolute Gasteiger partial charge is 0.382 e. The second-order valence-corrected chi connectivity index (χ2v) is 4.05. The van der Waals surface area contributed by atoms with E-state index >= 15 is 0 Å². The van der Waals surface area contributed by atoms with Crippen molar-refractivity contribution in [2.75, 3.05) is 20.3 Å². The number of amides is 2. The third-order valence-corrected chi connectivity index (χ3v) is 1.77. The number of hydrogen-bond donors (Lipinski definition) is 2. The Hall–Kier alpha value is -0.770. The standard InChI is InChI=1S/C10H22N2O2/c1-5-6-7-11-9(13)12-10(2,3)8-14-4/h5-8H2,1-4H3,(H2,11,12,13). The Balaban J connectivity index is 3.69. The predicted molar refractivity (Wildman–Crippen MR) is 57.4 cm³/mol. The SMILES string of the molecule is CCCCNC(=O)NC(C)(C)COC. The fourth-order valence-electron chi connectivity index (χ4n) is 1.13.